The van der Waals surface area contributed by atoms with Crippen molar-refractivity contribution in [3.8, 4) is 0 Å². The van der Waals surface area contributed by atoms with Gasteiger partial charge in [-0.2, -0.15) is 8.42 Å². The molecule has 0 heterocycles. The molecule has 0 spiro atoms. The summed E-state index contributed by atoms with van der Waals surface area (Å²) < 4.78 is 29.2. The van der Waals surface area contributed by atoms with Crippen molar-refractivity contribution in [3.05, 3.63) is 35.9 Å². The second-order valence-electron chi connectivity index (χ2n) is 4.91. The van der Waals surface area contributed by atoms with Gasteiger partial charge in [0, 0.05) is 0 Å². The van der Waals surface area contributed by atoms with Crippen molar-refractivity contribution in [3.63, 3.8) is 0 Å². The van der Waals surface area contributed by atoms with E-state index in [0.29, 0.717) is 5.56 Å². The van der Waals surface area contributed by atoms with E-state index in [9.17, 15) is 8.42 Å². The molecule has 0 aliphatic heterocycles. The molecule has 0 amide bonds. The standard InChI is InChI=1S/C8H20N2.C7H8O3S/c9-7-5-3-1-2-4-6-8-10;8-11(9,10)6-7-4-2-1-3-5-7/h1-10H2;1-5H,6H2,(H,8,9,10). The molecule has 1 aromatic rings. The van der Waals surface area contributed by atoms with Crippen LogP contribution in [0, 0.1) is 0 Å². The Hall–Kier alpha value is -0.950. The highest BCUT2D eigenvalue weighted by molar-refractivity contribution is 7.85. The summed E-state index contributed by atoms with van der Waals surface area (Å²) in [6, 6.07) is 8.52. The van der Waals surface area contributed by atoms with Crippen molar-refractivity contribution >= 4 is 10.1 Å². The Morgan fingerprint density at radius 1 is 0.810 bits per heavy atom. The number of unbranched alkanes of at least 4 members (excludes halogenated alkanes) is 5. The summed E-state index contributed by atoms with van der Waals surface area (Å²) in [5, 5.41) is 0. The molecule has 1 aromatic carbocycles. The fourth-order valence-electron chi connectivity index (χ4n) is 1.78. The van der Waals surface area contributed by atoms with Crippen LogP contribution >= 0.6 is 0 Å². The van der Waals surface area contributed by atoms with Crippen LogP contribution in [-0.2, 0) is 15.9 Å². The lowest BCUT2D eigenvalue weighted by Gasteiger charge is -1.97. The minimum Gasteiger partial charge on any atom is -0.330 e. The molecule has 6 heteroatoms. The maximum absolute atomic E-state index is 10.4. The lowest BCUT2D eigenvalue weighted by molar-refractivity contribution is 0.482. The average molecular weight is 316 g/mol. The summed E-state index contributed by atoms with van der Waals surface area (Å²) in [6.45, 7) is 1.69. The summed E-state index contributed by atoms with van der Waals surface area (Å²) in [6.07, 6.45) is 7.61. The topological polar surface area (TPSA) is 106 Å². The molecule has 5 N–H and O–H groups in total. The third-order valence-corrected chi connectivity index (χ3v) is 3.55. The highest BCUT2D eigenvalue weighted by atomic mass is 32.2. The number of rotatable bonds is 9. The lowest BCUT2D eigenvalue weighted by atomic mass is 10.1. The molecule has 0 radical (unpaired) electrons. The van der Waals surface area contributed by atoms with Crippen LogP contribution in [0.15, 0.2) is 30.3 Å². The van der Waals surface area contributed by atoms with E-state index in [2.05, 4.69) is 0 Å². The Labute approximate surface area is 128 Å². The van der Waals surface area contributed by atoms with Crippen LogP contribution < -0.4 is 11.5 Å². The average Bonchev–Trinajstić information content (AvgIpc) is 2.43. The summed E-state index contributed by atoms with van der Waals surface area (Å²) in [7, 11) is -3.88. The molecule has 0 atom stereocenters. The van der Waals surface area contributed by atoms with Gasteiger partial charge in [-0.3, -0.25) is 4.55 Å². The van der Waals surface area contributed by atoms with Gasteiger partial charge in [0.2, 0.25) is 0 Å². The predicted molar refractivity (Wildman–Crippen MR) is 87.5 cm³/mol. The number of hydrogen-bond donors (Lipinski definition) is 3. The zero-order valence-corrected chi connectivity index (χ0v) is 13.4. The number of hydrogen-bond acceptors (Lipinski definition) is 4. The molecule has 0 aliphatic carbocycles. The van der Waals surface area contributed by atoms with Crippen LogP contribution in [-0.4, -0.2) is 26.1 Å². The summed E-state index contributed by atoms with van der Waals surface area (Å²) in [5.74, 6) is -0.312. The van der Waals surface area contributed by atoms with Gasteiger partial charge >= 0.3 is 0 Å². The maximum atomic E-state index is 10.4. The third kappa shape index (κ3) is 15.3. The van der Waals surface area contributed by atoms with Crippen molar-refractivity contribution in [2.45, 2.75) is 44.3 Å². The normalized spacial score (nSPS) is 10.8. The van der Waals surface area contributed by atoms with Crippen molar-refractivity contribution in [1.29, 1.82) is 0 Å². The molecule has 0 aromatic heterocycles. The van der Waals surface area contributed by atoms with Gasteiger partial charge < -0.3 is 11.5 Å². The first kappa shape index (κ1) is 20.1. The Balaban J connectivity index is 0.000000384. The van der Waals surface area contributed by atoms with Crippen LogP contribution in [0.5, 0.6) is 0 Å². The SMILES string of the molecule is NCCCCCCCCN.O=S(=O)(O)Cc1ccccc1. The largest absolute Gasteiger partial charge is 0.330 e. The van der Waals surface area contributed by atoms with E-state index in [-0.39, 0.29) is 5.75 Å². The molecular formula is C15H28N2O3S. The first-order valence-corrected chi connectivity index (χ1v) is 8.99. The van der Waals surface area contributed by atoms with Crippen LogP contribution in [0.25, 0.3) is 0 Å². The molecule has 0 unspecified atom stereocenters. The summed E-state index contributed by atoms with van der Waals surface area (Å²) in [4.78, 5) is 0. The highest BCUT2D eigenvalue weighted by Crippen LogP contribution is 2.03. The first-order chi connectivity index (χ1) is 9.99. The zero-order valence-electron chi connectivity index (χ0n) is 12.6. The minimum atomic E-state index is -3.88. The monoisotopic (exact) mass is 316 g/mol. The predicted octanol–water partition coefficient (Wildman–Crippen LogP) is 2.32. The van der Waals surface area contributed by atoms with Gasteiger partial charge in [0.25, 0.3) is 10.1 Å². The van der Waals surface area contributed by atoms with E-state index in [1.807, 2.05) is 0 Å². The molecule has 122 valence electrons. The fourth-order valence-corrected chi connectivity index (χ4v) is 2.39. The van der Waals surface area contributed by atoms with Gasteiger partial charge in [-0.15, -0.1) is 0 Å². The van der Waals surface area contributed by atoms with E-state index in [4.69, 9.17) is 16.0 Å². The molecule has 1 rings (SSSR count). The molecule has 0 fully saturated rings. The van der Waals surface area contributed by atoms with Gasteiger partial charge in [-0.25, -0.2) is 0 Å². The van der Waals surface area contributed by atoms with Gasteiger partial charge in [-0.05, 0) is 31.5 Å². The zero-order chi connectivity index (χ0) is 16.0. The van der Waals surface area contributed by atoms with Crippen molar-refractivity contribution in [2.75, 3.05) is 13.1 Å². The second-order valence-corrected chi connectivity index (χ2v) is 6.36. The third-order valence-electron chi connectivity index (χ3n) is 2.85. The van der Waals surface area contributed by atoms with Crippen LogP contribution in [0.1, 0.15) is 44.1 Å². The van der Waals surface area contributed by atoms with E-state index in [0.717, 1.165) is 13.1 Å². The van der Waals surface area contributed by atoms with E-state index in [1.165, 1.54) is 38.5 Å². The Morgan fingerprint density at radius 2 is 1.24 bits per heavy atom. The Kier molecular flexibility index (Phi) is 12.2. The summed E-state index contributed by atoms with van der Waals surface area (Å²) >= 11 is 0. The van der Waals surface area contributed by atoms with Gasteiger partial charge in [0.05, 0.1) is 0 Å². The van der Waals surface area contributed by atoms with Crippen molar-refractivity contribution in [1.82, 2.24) is 0 Å². The van der Waals surface area contributed by atoms with E-state index < -0.39 is 10.1 Å². The Morgan fingerprint density at radius 3 is 1.62 bits per heavy atom. The molecule has 21 heavy (non-hydrogen) atoms. The fraction of sp³-hybridized carbons (Fsp3) is 0.600. The van der Waals surface area contributed by atoms with Gasteiger partial charge in [0.1, 0.15) is 5.75 Å². The number of nitrogens with two attached hydrogens (primary N) is 2. The molecular weight excluding hydrogens is 288 g/mol. The number of benzene rings is 1. The molecule has 0 bridgehead atoms. The van der Waals surface area contributed by atoms with Crippen LogP contribution in [0.4, 0.5) is 0 Å². The van der Waals surface area contributed by atoms with Crippen molar-refractivity contribution < 1.29 is 13.0 Å². The lowest BCUT2D eigenvalue weighted by Crippen LogP contribution is -2.00. The van der Waals surface area contributed by atoms with Crippen LogP contribution in [0.2, 0.25) is 0 Å². The van der Waals surface area contributed by atoms with E-state index >= 15 is 0 Å². The Bertz CT molecular complexity index is 427. The van der Waals surface area contributed by atoms with Gasteiger partial charge in [0.15, 0.2) is 0 Å². The van der Waals surface area contributed by atoms with Gasteiger partial charge in [-0.1, -0.05) is 56.0 Å². The quantitative estimate of drug-likeness (QED) is 0.479. The smallest absolute Gasteiger partial charge is 0.269 e. The second kappa shape index (κ2) is 12.8. The molecule has 5 nitrogen and oxygen atoms in total. The molecule has 0 saturated carbocycles. The first-order valence-electron chi connectivity index (χ1n) is 7.39. The minimum absolute atomic E-state index is 0.312. The van der Waals surface area contributed by atoms with Crippen LogP contribution in [0.3, 0.4) is 0 Å². The highest BCUT2D eigenvalue weighted by Gasteiger charge is 2.04. The molecule has 0 aliphatic rings. The summed E-state index contributed by atoms with van der Waals surface area (Å²) in [5.41, 5.74) is 11.3. The van der Waals surface area contributed by atoms with Crippen molar-refractivity contribution in [2.24, 2.45) is 11.5 Å². The van der Waals surface area contributed by atoms with E-state index in [1.54, 1.807) is 30.3 Å². The molecule has 0 saturated heterocycles. The maximum Gasteiger partial charge on any atom is 0.269 e.